The molecule has 0 N–H and O–H groups in total. The molecule has 0 bridgehead atoms. The van der Waals surface area contributed by atoms with Crippen molar-refractivity contribution in [1.29, 1.82) is 0 Å². The lowest BCUT2D eigenvalue weighted by atomic mass is 9.87. The molecule has 5 nitrogen and oxygen atoms in total. The van der Waals surface area contributed by atoms with Gasteiger partial charge in [0.15, 0.2) is 0 Å². The van der Waals surface area contributed by atoms with Crippen molar-refractivity contribution in [3.05, 3.63) is 71.1 Å². The van der Waals surface area contributed by atoms with Gasteiger partial charge in [-0.2, -0.15) is 4.98 Å². The molecule has 3 aromatic rings. The number of carbonyl (C=O) groups excluding carboxylic acids is 1. The van der Waals surface area contributed by atoms with E-state index in [0.29, 0.717) is 31.1 Å². The minimum atomic E-state index is -0.170. The summed E-state index contributed by atoms with van der Waals surface area (Å²) in [5.41, 5.74) is 4.60. The van der Waals surface area contributed by atoms with Crippen LogP contribution in [0.1, 0.15) is 62.2 Å². The van der Waals surface area contributed by atoms with Gasteiger partial charge in [0.2, 0.25) is 17.6 Å². The van der Waals surface area contributed by atoms with E-state index < -0.39 is 0 Å². The van der Waals surface area contributed by atoms with Crippen molar-refractivity contribution in [1.82, 2.24) is 15.0 Å². The van der Waals surface area contributed by atoms with Crippen LogP contribution in [-0.2, 0) is 16.8 Å². The summed E-state index contributed by atoms with van der Waals surface area (Å²) in [6.07, 6.45) is 1.21. The van der Waals surface area contributed by atoms with Crippen molar-refractivity contribution in [2.75, 3.05) is 0 Å². The van der Waals surface area contributed by atoms with E-state index in [1.54, 1.807) is 0 Å². The Morgan fingerprint density at radius 3 is 2.41 bits per heavy atom. The molecule has 1 unspecified atom stereocenters. The summed E-state index contributed by atoms with van der Waals surface area (Å²) in [5.74, 6) is 1.21. The maximum atomic E-state index is 12.5. The largest absolute Gasteiger partial charge is 0.337 e. The summed E-state index contributed by atoms with van der Waals surface area (Å²) in [5, 5.41) is 4.14. The van der Waals surface area contributed by atoms with Gasteiger partial charge in [-0.1, -0.05) is 80.0 Å². The van der Waals surface area contributed by atoms with Crippen LogP contribution in [0.3, 0.4) is 0 Å². The highest BCUT2D eigenvalue weighted by molar-refractivity contribution is 5.78. The zero-order valence-electron chi connectivity index (χ0n) is 17.5. The van der Waals surface area contributed by atoms with Crippen LogP contribution < -0.4 is 0 Å². The normalized spacial score (nSPS) is 17.2. The molecule has 1 aliphatic heterocycles. The van der Waals surface area contributed by atoms with Gasteiger partial charge in [0, 0.05) is 18.5 Å². The molecule has 0 saturated carbocycles. The second-order valence-corrected chi connectivity index (χ2v) is 8.85. The Bertz CT molecular complexity index is 998. The third kappa shape index (κ3) is 4.09. The molecule has 0 radical (unpaired) electrons. The summed E-state index contributed by atoms with van der Waals surface area (Å²) in [4.78, 5) is 19.0. The van der Waals surface area contributed by atoms with Crippen LogP contribution in [0.15, 0.2) is 53.1 Å². The molecule has 1 aromatic heterocycles. The van der Waals surface area contributed by atoms with Crippen molar-refractivity contribution >= 4 is 5.91 Å². The molecule has 0 spiro atoms. The van der Waals surface area contributed by atoms with Gasteiger partial charge in [-0.3, -0.25) is 4.79 Å². The van der Waals surface area contributed by atoms with Gasteiger partial charge in [-0.15, -0.1) is 0 Å². The van der Waals surface area contributed by atoms with E-state index in [1.165, 1.54) is 11.1 Å². The van der Waals surface area contributed by atoms with Gasteiger partial charge in [-0.05, 0) is 29.9 Å². The van der Waals surface area contributed by atoms with Crippen LogP contribution >= 0.6 is 0 Å². The minimum absolute atomic E-state index is 0.112. The number of rotatable bonds is 4. The lowest BCUT2D eigenvalue weighted by Gasteiger charge is -2.23. The van der Waals surface area contributed by atoms with Crippen LogP contribution in [0.5, 0.6) is 0 Å². The standard InChI is InChI=1S/C24H27N3O2/c1-16-5-9-18(10-6-16)22-25-23(29-26-22)20-13-14-21(28)27(20)15-17-7-11-19(12-8-17)24(2,3)4/h5-12,20H,13-15H2,1-4H3. The van der Waals surface area contributed by atoms with Crippen LogP contribution in [-0.4, -0.2) is 20.9 Å². The molecule has 1 atom stereocenters. The fourth-order valence-corrected chi connectivity index (χ4v) is 3.69. The van der Waals surface area contributed by atoms with Gasteiger partial charge in [0.25, 0.3) is 0 Å². The number of likely N-dealkylation sites (tertiary alicyclic amines) is 1. The summed E-state index contributed by atoms with van der Waals surface area (Å²) in [6.45, 7) is 9.19. The van der Waals surface area contributed by atoms with E-state index in [9.17, 15) is 4.79 Å². The molecule has 5 heteroatoms. The molecule has 2 aromatic carbocycles. The predicted octanol–water partition coefficient (Wildman–Crippen LogP) is 5.21. The number of carbonyl (C=O) groups is 1. The first-order valence-electron chi connectivity index (χ1n) is 10.1. The number of hydrogen-bond acceptors (Lipinski definition) is 4. The Balaban J connectivity index is 1.53. The Hall–Kier alpha value is -2.95. The molecule has 1 aliphatic rings. The highest BCUT2D eigenvalue weighted by Crippen LogP contribution is 2.34. The van der Waals surface area contributed by atoms with E-state index in [2.05, 4.69) is 55.2 Å². The number of aryl methyl sites for hydroxylation is 1. The van der Waals surface area contributed by atoms with Crippen LogP contribution in [0.2, 0.25) is 0 Å². The lowest BCUT2D eigenvalue weighted by molar-refractivity contribution is -0.129. The number of hydrogen-bond donors (Lipinski definition) is 0. The van der Waals surface area contributed by atoms with Crippen LogP contribution in [0.25, 0.3) is 11.4 Å². The van der Waals surface area contributed by atoms with Crippen LogP contribution in [0.4, 0.5) is 0 Å². The topological polar surface area (TPSA) is 59.2 Å². The Kier molecular flexibility index (Phi) is 4.99. The van der Waals surface area contributed by atoms with E-state index >= 15 is 0 Å². The Morgan fingerprint density at radius 2 is 1.76 bits per heavy atom. The molecule has 2 heterocycles. The average molecular weight is 389 g/mol. The van der Waals surface area contributed by atoms with Gasteiger partial charge in [-0.25, -0.2) is 0 Å². The first kappa shape index (κ1) is 19.4. The smallest absolute Gasteiger partial charge is 0.249 e. The van der Waals surface area contributed by atoms with Gasteiger partial charge in [0.1, 0.15) is 6.04 Å². The van der Waals surface area contributed by atoms with E-state index in [0.717, 1.165) is 11.1 Å². The van der Waals surface area contributed by atoms with Gasteiger partial charge in [0.05, 0.1) is 0 Å². The van der Waals surface area contributed by atoms with Crippen molar-refractivity contribution in [2.45, 2.75) is 58.5 Å². The number of amides is 1. The molecule has 0 aliphatic carbocycles. The second kappa shape index (κ2) is 7.47. The van der Waals surface area contributed by atoms with Crippen molar-refractivity contribution in [2.24, 2.45) is 0 Å². The molecule has 29 heavy (non-hydrogen) atoms. The fourth-order valence-electron chi connectivity index (χ4n) is 3.69. The van der Waals surface area contributed by atoms with Gasteiger partial charge >= 0.3 is 0 Å². The van der Waals surface area contributed by atoms with Crippen molar-refractivity contribution < 1.29 is 9.32 Å². The summed E-state index contributed by atoms with van der Waals surface area (Å²) < 4.78 is 5.56. The lowest BCUT2D eigenvalue weighted by Crippen LogP contribution is -2.27. The number of aromatic nitrogens is 2. The van der Waals surface area contributed by atoms with Crippen molar-refractivity contribution in [3.8, 4) is 11.4 Å². The maximum absolute atomic E-state index is 12.5. The molecule has 150 valence electrons. The number of benzene rings is 2. The van der Waals surface area contributed by atoms with E-state index in [-0.39, 0.29) is 17.4 Å². The van der Waals surface area contributed by atoms with Gasteiger partial charge < -0.3 is 9.42 Å². The average Bonchev–Trinajstić information content (AvgIpc) is 3.30. The Morgan fingerprint density at radius 1 is 1.07 bits per heavy atom. The quantitative estimate of drug-likeness (QED) is 0.615. The van der Waals surface area contributed by atoms with E-state index in [4.69, 9.17) is 4.52 Å². The number of nitrogens with zero attached hydrogens (tertiary/aromatic N) is 3. The zero-order chi connectivity index (χ0) is 20.6. The summed E-state index contributed by atoms with van der Waals surface area (Å²) in [6, 6.07) is 16.4. The monoisotopic (exact) mass is 389 g/mol. The molecular formula is C24H27N3O2. The first-order valence-corrected chi connectivity index (χ1v) is 10.1. The molecule has 1 saturated heterocycles. The molecular weight excluding hydrogens is 362 g/mol. The van der Waals surface area contributed by atoms with E-state index in [1.807, 2.05) is 36.1 Å². The summed E-state index contributed by atoms with van der Waals surface area (Å²) >= 11 is 0. The highest BCUT2D eigenvalue weighted by Gasteiger charge is 2.36. The molecule has 1 amide bonds. The summed E-state index contributed by atoms with van der Waals surface area (Å²) in [7, 11) is 0. The third-order valence-electron chi connectivity index (χ3n) is 5.54. The zero-order valence-corrected chi connectivity index (χ0v) is 17.5. The maximum Gasteiger partial charge on any atom is 0.249 e. The molecule has 1 fully saturated rings. The highest BCUT2D eigenvalue weighted by atomic mass is 16.5. The second-order valence-electron chi connectivity index (χ2n) is 8.85. The first-order chi connectivity index (χ1) is 13.8. The minimum Gasteiger partial charge on any atom is -0.337 e. The van der Waals surface area contributed by atoms with Crippen LogP contribution in [0, 0.1) is 6.92 Å². The third-order valence-corrected chi connectivity index (χ3v) is 5.54. The Labute approximate surface area is 171 Å². The fraction of sp³-hybridized carbons (Fsp3) is 0.375. The van der Waals surface area contributed by atoms with Crippen molar-refractivity contribution in [3.63, 3.8) is 0 Å². The predicted molar refractivity (Wildman–Crippen MR) is 112 cm³/mol. The molecule has 4 rings (SSSR count). The SMILES string of the molecule is Cc1ccc(-c2noc(C3CCC(=O)N3Cc3ccc(C(C)(C)C)cc3)n2)cc1.